The molecule has 0 saturated heterocycles. The highest BCUT2D eigenvalue weighted by molar-refractivity contribution is 6.11. The van der Waals surface area contributed by atoms with Crippen molar-refractivity contribution in [3.63, 3.8) is 0 Å². The second kappa shape index (κ2) is 12.3. The Morgan fingerprint density at radius 3 is 1.63 bits per heavy atom. The van der Waals surface area contributed by atoms with Gasteiger partial charge in [0, 0.05) is 43.4 Å². The van der Waals surface area contributed by atoms with Gasteiger partial charge in [0.2, 0.25) is 5.95 Å². The molecule has 6 heteroatoms. The zero-order chi connectivity index (χ0) is 37.5. The molecule has 0 aliphatic carbocycles. The Labute approximate surface area is 326 Å². The van der Waals surface area contributed by atoms with E-state index in [0.29, 0.717) is 17.6 Å². The van der Waals surface area contributed by atoms with E-state index in [0.717, 1.165) is 77.2 Å². The summed E-state index contributed by atoms with van der Waals surface area (Å²) in [5, 5.41) is 6.78. The maximum Gasteiger partial charge on any atom is 0.238 e. The summed E-state index contributed by atoms with van der Waals surface area (Å²) in [4.78, 5) is 15.9. The SMILES string of the molecule is c1ccc(-c2ccc3c4ccccc4n(-c4ccccc4-c4nc(-c5ccc6c(c5)oc5ccccc56)nc(-n5c6ccccc6c6ccccc65)n4)c3c2)cc1. The Hall–Kier alpha value is -7.83. The molecule has 8 aromatic carbocycles. The number of hydrogen-bond donors (Lipinski definition) is 0. The molecule has 0 fully saturated rings. The molecule has 0 amide bonds. The normalized spacial score (nSPS) is 11.9. The van der Waals surface area contributed by atoms with Crippen molar-refractivity contribution >= 4 is 65.6 Å². The van der Waals surface area contributed by atoms with Crippen LogP contribution in [0.25, 0.3) is 111 Å². The molecule has 0 unspecified atom stereocenters. The van der Waals surface area contributed by atoms with E-state index >= 15 is 0 Å². The van der Waals surface area contributed by atoms with E-state index < -0.39 is 0 Å². The topological polar surface area (TPSA) is 61.7 Å². The van der Waals surface area contributed by atoms with Crippen LogP contribution in [0.1, 0.15) is 0 Å². The van der Waals surface area contributed by atoms with Gasteiger partial charge in [0.15, 0.2) is 11.6 Å². The van der Waals surface area contributed by atoms with Crippen molar-refractivity contribution in [2.45, 2.75) is 0 Å². The number of fused-ring (bicyclic) bond motifs is 9. The summed E-state index contributed by atoms with van der Waals surface area (Å²) < 4.78 is 10.9. The highest BCUT2D eigenvalue weighted by Gasteiger charge is 2.22. The molecule has 0 aliphatic rings. The van der Waals surface area contributed by atoms with Gasteiger partial charge in [0.1, 0.15) is 11.2 Å². The second-order valence-electron chi connectivity index (χ2n) is 14.4. The summed E-state index contributed by atoms with van der Waals surface area (Å²) in [6.45, 7) is 0. The van der Waals surface area contributed by atoms with E-state index in [1.165, 1.54) is 16.3 Å². The summed E-state index contributed by atoms with van der Waals surface area (Å²) in [5.41, 5.74) is 10.9. The lowest BCUT2D eigenvalue weighted by Gasteiger charge is -2.15. The van der Waals surface area contributed by atoms with E-state index in [9.17, 15) is 0 Å². The standard InChI is InChI=1S/C51H31N5O/c1-2-14-32(15-3-1)33-26-28-38-37-18-4-9-21-42(37)55(46(38)30-33)45-24-12-7-20-41(45)50-52-49(34-27-29-40-39-19-8-13-25-47(39)57-48(40)31-34)53-51(54-50)56-43-22-10-5-16-35(43)36-17-6-11-23-44(36)56/h1-31H. The van der Waals surface area contributed by atoms with Gasteiger partial charge in [-0.2, -0.15) is 9.97 Å². The highest BCUT2D eigenvalue weighted by atomic mass is 16.3. The highest BCUT2D eigenvalue weighted by Crippen LogP contribution is 2.39. The van der Waals surface area contributed by atoms with Crippen LogP contribution in [0.5, 0.6) is 0 Å². The second-order valence-corrected chi connectivity index (χ2v) is 14.4. The first-order chi connectivity index (χ1) is 28.3. The minimum atomic E-state index is 0.542. The van der Waals surface area contributed by atoms with Crippen LogP contribution in [0.4, 0.5) is 0 Å². The largest absolute Gasteiger partial charge is 0.456 e. The first-order valence-electron chi connectivity index (χ1n) is 19.1. The molecular formula is C51H31N5O. The smallest absolute Gasteiger partial charge is 0.238 e. The number of furan rings is 1. The molecule has 0 spiro atoms. The van der Waals surface area contributed by atoms with Gasteiger partial charge in [-0.3, -0.25) is 4.57 Å². The zero-order valence-corrected chi connectivity index (χ0v) is 30.5. The van der Waals surface area contributed by atoms with Crippen molar-refractivity contribution in [1.29, 1.82) is 0 Å². The van der Waals surface area contributed by atoms with E-state index in [4.69, 9.17) is 19.4 Å². The van der Waals surface area contributed by atoms with Crippen LogP contribution in [-0.4, -0.2) is 24.1 Å². The number of benzene rings is 8. The molecule has 0 N–H and O–H groups in total. The van der Waals surface area contributed by atoms with Crippen molar-refractivity contribution in [3.8, 4) is 45.5 Å². The minimum absolute atomic E-state index is 0.542. The van der Waals surface area contributed by atoms with Gasteiger partial charge < -0.3 is 8.98 Å². The minimum Gasteiger partial charge on any atom is -0.456 e. The number of rotatable bonds is 5. The van der Waals surface area contributed by atoms with Crippen LogP contribution in [0.2, 0.25) is 0 Å². The summed E-state index contributed by atoms with van der Waals surface area (Å²) in [5.74, 6) is 1.67. The van der Waals surface area contributed by atoms with Crippen molar-refractivity contribution in [3.05, 3.63) is 188 Å². The lowest BCUT2D eigenvalue weighted by molar-refractivity contribution is 0.669. The van der Waals surface area contributed by atoms with Crippen LogP contribution in [0.3, 0.4) is 0 Å². The molecule has 57 heavy (non-hydrogen) atoms. The fraction of sp³-hybridized carbons (Fsp3) is 0. The quantitative estimate of drug-likeness (QED) is 0.177. The molecular weight excluding hydrogens is 699 g/mol. The number of para-hydroxylation sites is 5. The molecule has 0 saturated carbocycles. The van der Waals surface area contributed by atoms with Crippen LogP contribution in [0, 0.1) is 0 Å². The van der Waals surface area contributed by atoms with Gasteiger partial charge in [-0.1, -0.05) is 133 Å². The first kappa shape index (κ1) is 31.5. The molecule has 12 aromatic rings. The Morgan fingerprint density at radius 2 is 0.877 bits per heavy atom. The lowest BCUT2D eigenvalue weighted by atomic mass is 10.0. The van der Waals surface area contributed by atoms with Gasteiger partial charge in [0.25, 0.3) is 0 Å². The third-order valence-corrected chi connectivity index (χ3v) is 11.2. The fourth-order valence-electron chi connectivity index (χ4n) is 8.62. The third kappa shape index (κ3) is 4.87. The first-order valence-corrected chi connectivity index (χ1v) is 19.1. The molecule has 0 bridgehead atoms. The van der Waals surface area contributed by atoms with Crippen LogP contribution in [-0.2, 0) is 0 Å². The van der Waals surface area contributed by atoms with Gasteiger partial charge >= 0.3 is 0 Å². The molecule has 0 radical (unpaired) electrons. The molecule has 266 valence electrons. The van der Waals surface area contributed by atoms with Gasteiger partial charge in [-0.15, -0.1) is 0 Å². The van der Waals surface area contributed by atoms with Crippen LogP contribution in [0.15, 0.2) is 192 Å². The van der Waals surface area contributed by atoms with Gasteiger partial charge in [-0.25, -0.2) is 4.98 Å². The van der Waals surface area contributed by atoms with E-state index in [1.807, 2.05) is 24.3 Å². The van der Waals surface area contributed by atoms with Crippen molar-refractivity contribution in [2.24, 2.45) is 0 Å². The van der Waals surface area contributed by atoms with Crippen LogP contribution >= 0.6 is 0 Å². The lowest BCUT2D eigenvalue weighted by Crippen LogP contribution is -2.07. The summed E-state index contributed by atoms with van der Waals surface area (Å²) in [6.07, 6.45) is 0. The molecule has 4 aromatic heterocycles. The van der Waals surface area contributed by atoms with Gasteiger partial charge in [0.05, 0.1) is 27.8 Å². The van der Waals surface area contributed by atoms with Gasteiger partial charge in [-0.05, 0) is 65.7 Å². The van der Waals surface area contributed by atoms with E-state index in [-0.39, 0.29) is 0 Å². The van der Waals surface area contributed by atoms with E-state index in [2.05, 4.69) is 173 Å². The Kier molecular flexibility index (Phi) is 6.83. The molecule has 0 aliphatic heterocycles. The summed E-state index contributed by atoms with van der Waals surface area (Å²) >= 11 is 0. The predicted octanol–water partition coefficient (Wildman–Crippen LogP) is 13.0. The Morgan fingerprint density at radius 1 is 0.333 bits per heavy atom. The fourth-order valence-corrected chi connectivity index (χ4v) is 8.62. The average Bonchev–Trinajstić information content (AvgIpc) is 3.94. The monoisotopic (exact) mass is 729 g/mol. The molecule has 4 heterocycles. The van der Waals surface area contributed by atoms with Crippen molar-refractivity contribution < 1.29 is 4.42 Å². The summed E-state index contributed by atoms with van der Waals surface area (Å²) in [7, 11) is 0. The molecule has 6 nitrogen and oxygen atoms in total. The Balaban J connectivity index is 1.14. The van der Waals surface area contributed by atoms with Crippen LogP contribution < -0.4 is 0 Å². The molecule has 0 atom stereocenters. The number of aromatic nitrogens is 5. The number of nitrogens with zero attached hydrogens (tertiary/aromatic N) is 5. The maximum absolute atomic E-state index is 6.36. The number of hydrogen-bond acceptors (Lipinski definition) is 4. The zero-order valence-electron chi connectivity index (χ0n) is 30.5. The summed E-state index contributed by atoms with van der Waals surface area (Å²) in [6, 6.07) is 65.6. The van der Waals surface area contributed by atoms with E-state index in [1.54, 1.807) is 0 Å². The molecule has 12 rings (SSSR count). The Bertz CT molecular complexity index is 3490. The third-order valence-electron chi connectivity index (χ3n) is 11.2. The average molecular weight is 730 g/mol. The maximum atomic E-state index is 6.36. The van der Waals surface area contributed by atoms with Crippen molar-refractivity contribution in [1.82, 2.24) is 24.1 Å². The van der Waals surface area contributed by atoms with Crippen molar-refractivity contribution in [2.75, 3.05) is 0 Å². The predicted molar refractivity (Wildman–Crippen MR) is 232 cm³/mol.